The van der Waals surface area contributed by atoms with Crippen LogP contribution in [0.5, 0.6) is 17.2 Å². The number of ether oxygens (including phenoxy) is 2. The summed E-state index contributed by atoms with van der Waals surface area (Å²) in [5.41, 5.74) is 2.87. The van der Waals surface area contributed by atoms with Gasteiger partial charge in [0.1, 0.15) is 11.6 Å². The number of phenolic OH excluding ortho intramolecular Hbond substituents is 1. The second kappa shape index (κ2) is 9.78. The number of aromatic nitrogens is 3. The van der Waals surface area contributed by atoms with Gasteiger partial charge < -0.3 is 19.9 Å². The van der Waals surface area contributed by atoms with Crippen molar-refractivity contribution >= 4 is 28.9 Å². The van der Waals surface area contributed by atoms with Crippen LogP contribution in [-0.2, 0) is 6.42 Å². The summed E-state index contributed by atoms with van der Waals surface area (Å²) in [6, 6.07) is 14.7. The topological polar surface area (TPSA) is 89.4 Å². The molecule has 0 fully saturated rings. The van der Waals surface area contributed by atoms with Crippen LogP contribution in [0, 0.1) is 0 Å². The maximum absolute atomic E-state index is 9.47. The van der Waals surface area contributed by atoms with E-state index in [1.165, 1.54) is 5.56 Å². The third-order valence-corrected chi connectivity index (χ3v) is 4.99. The van der Waals surface area contributed by atoms with Crippen LogP contribution in [0.15, 0.2) is 60.9 Å². The van der Waals surface area contributed by atoms with E-state index in [9.17, 15) is 5.11 Å². The summed E-state index contributed by atoms with van der Waals surface area (Å²) in [7, 11) is 3.21. The Balaban J connectivity index is 1.68. The van der Waals surface area contributed by atoms with Gasteiger partial charge in [0.05, 0.1) is 19.7 Å². The molecular weight excluding hydrogens is 404 g/mol. The first-order valence-corrected chi connectivity index (χ1v) is 10.2. The maximum atomic E-state index is 9.47. The third kappa shape index (κ3) is 4.95. The van der Waals surface area contributed by atoms with Gasteiger partial charge in [-0.25, -0.2) is 9.97 Å². The minimum Gasteiger partial charge on any atom is -0.508 e. The van der Waals surface area contributed by atoms with Crippen molar-refractivity contribution in [3.8, 4) is 17.2 Å². The van der Waals surface area contributed by atoms with Crippen LogP contribution in [0.25, 0.3) is 23.1 Å². The molecule has 0 spiro atoms. The monoisotopic (exact) mass is 428 g/mol. The van der Waals surface area contributed by atoms with Gasteiger partial charge in [-0.05, 0) is 54.0 Å². The van der Waals surface area contributed by atoms with Crippen molar-refractivity contribution in [1.29, 1.82) is 0 Å². The lowest BCUT2D eigenvalue weighted by atomic mass is 10.1. The molecule has 0 aliphatic carbocycles. The predicted octanol–water partition coefficient (Wildman–Crippen LogP) is 4.57. The summed E-state index contributed by atoms with van der Waals surface area (Å²) >= 11 is 0. The predicted molar refractivity (Wildman–Crippen MR) is 126 cm³/mol. The number of hydrogen-bond acceptors (Lipinski definition) is 7. The Morgan fingerprint density at radius 2 is 1.62 bits per heavy atom. The Bertz CT molecular complexity index is 1230. The molecule has 4 rings (SSSR count). The number of pyridine rings is 1. The molecule has 0 radical (unpaired) electrons. The van der Waals surface area contributed by atoms with E-state index >= 15 is 0 Å². The highest BCUT2D eigenvalue weighted by Gasteiger charge is 2.12. The van der Waals surface area contributed by atoms with Crippen LogP contribution in [0.1, 0.15) is 17.0 Å². The van der Waals surface area contributed by atoms with Gasteiger partial charge in [0, 0.05) is 30.4 Å². The minimum absolute atomic E-state index is 0.228. The number of fused-ring (bicyclic) bond motifs is 1. The van der Waals surface area contributed by atoms with Gasteiger partial charge in [0.15, 0.2) is 17.3 Å². The van der Waals surface area contributed by atoms with Crippen LogP contribution in [0.2, 0.25) is 0 Å². The Morgan fingerprint density at radius 1 is 0.906 bits per heavy atom. The van der Waals surface area contributed by atoms with Crippen molar-refractivity contribution < 1.29 is 14.6 Å². The summed E-state index contributed by atoms with van der Waals surface area (Å²) in [4.78, 5) is 13.5. The van der Waals surface area contributed by atoms with Gasteiger partial charge in [0.2, 0.25) is 0 Å². The molecule has 7 nitrogen and oxygen atoms in total. The number of nitrogens with one attached hydrogen (secondary N) is 1. The molecule has 0 unspecified atom stereocenters. The van der Waals surface area contributed by atoms with Crippen LogP contribution in [0.4, 0.5) is 5.82 Å². The molecular formula is C25H24N4O3. The van der Waals surface area contributed by atoms with E-state index in [0.29, 0.717) is 23.9 Å². The summed E-state index contributed by atoms with van der Waals surface area (Å²) in [6.45, 7) is 0.700. The van der Waals surface area contributed by atoms with E-state index in [1.807, 2.05) is 48.6 Å². The second-order valence-electron chi connectivity index (χ2n) is 7.11. The summed E-state index contributed by atoms with van der Waals surface area (Å²) in [5.74, 6) is 2.73. The van der Waals surface area contributed by atoms with E-state index in [2.05, 4.69) is 15.3 Å². The highest BCUT2D eigenvalue weighted by Crippen LogP contribution is 2.34. The molecule has 0 bridgehead atoms. The van der Waals surface area contributed by atoms with E-state index in [0.717, 1.165) is 28.7 Å². The largest absolute Gasteiger partial charge is 0.508 e. The van der Waals surface area contributed by atoms with Crippen molar-refractivity contribution in [2.45, 2.75) is 6.42 Å². The highest BCUT2D eigenvalue weighted by molar-refractivity contribution is 5.92. The smallest absolute Gasteiger partial charge is 0.162 e. The molecule has 2 N–H and O–H groups in total. The van der Waals surface area contributed by atoms with Crippen molar-refractivity contribution in [2.24, 2.45) is 0 Å². The lowest BCUT2D eigenvalue weighted by molar-refractivity contribution is 0.356. The molecule has 0 saturated heterocycles. The van der Waals surface area contributed by atoms with Gasteiger partial charge in [-0.1, -0.05) is 18.2 Å². The Labute approximate surface area is 186 Å². The molecule has 2 aromatic carbocycles. The summed E-state index contributed by atoms with van der Waals surface area (Å²) in [6.07, 6.45) is 8.16. The van der Waals surface area contributed by atoms with Crippen LogP contribution in [0.3, 0.4) is 0 Å². The fraction of sp³-hybridized carbons (Fsp3) is 0.160. The minimum atomic E-state index is 0.228. The fourth-order valence-corrected chi connectivity index (χ4v) is 3.31. The molecule has 32 heavy (non-hydrogen) atoms. The fourth-order valence-electron chi connectivity index (χ4n) is 3.31. The number of phenols is 1. The van der Waals surface area contributed by atoms with Crippen LogP contribution >= 0.6 is 0 Å². The molecule has 2 heterocycles. The first-order chi connectivity index (χ1) is 15.7. The van der Waals surface area contributed by atoms with E-state index in [4.69, 9.17) is 14.5 Å². The number of hydrogen-bond donors (Lipinski definition) is 2. The molecule has 0 aliphatic heterocycles. The number of anilines is 1. The van der Waals surface area contributed by atoms with Crippen LogP contribution in [-0.4, -0.2) is 40.8 Å². The number of rotatable bonds is 8. The standard InChI is InChI=1S/C25H24N4O3/c1-31-22-15-20-21(16-23(22)32-2)28-24(8-5-17-3-6-19(30)7-4-17)29-25(20)27-14-11-18-9-12-26-13-10-18/h3-10,12-13,15-16,30H,11,14H2,1-2H3,(H,27,28,29)/b8-5+. The molecule has 0 aliphatic rings. The first kappa shape index (κ1) is 21.1. The molecule has 162 valence electrons. The van der Waals surface area contributed by atoms with Gasteiger partial charge in [-0.3, -0.25) is 4.98 Å². The number of nitrogens with zero attached hydrogens (tertiary/aromatic N) is 3. The zero-order chi connectivity index (χ0) is 22.3. The van der Waals surface area contributed by atoms with E-state index in [-0.39, 0.29) is 5.75 Å². The lowest BCUT2D eigenvalue weighted by Gasteiger charge is -2.13. The summed E-state index contributed by atoms with van der Waals surface area (Å²) < 4.78 is 10.9. The van der Waals surface area contributed by atoms with Gasteiger partial charge in [-0.2, -0.15) is 0 Å². The zero-order valence-corrected chi connectivity index (χ0v) is 17.9. The molecule has 7 heteroatoms. The molecule has 4 aromatic rings. The SMILES string of the molecule is COc1cc2nc(/C=C/c3ccc(O)cc3)nc(NCCc3ccncc3)c2cc1OC. The highest BCUT2D eigenvalue weighted by atomic mass is 16.5. The van der Waals surface area contributed by atoms with Crippen molar-refractivity contribution in [2.75, 3.05) is 26.1 Å². The van der Waals surface area contributed by atoms with E-state index in [1.54, 1.807) is 38.7 Å². The van der Waals surface area contributed by atoms with Gasteiger partial charge in [0.25, 0.3) is 0 Å². The van der Waals surface area contributed by atoms with Gasteiger partial charge >= 0.3 is 0 Å². The molecule has 0 atom stereocenters. The lowest BCUT2D eigenvalue weighted by Crippen LogP contribution is -2.08. The average Bonchev–Trinajstić information content (AvgIpc) is 2.83. The molecule has 0 saturated carbocycles. The Kier molecular flexibility index (Phi) is 6.46. The zero-order valence-electron chi connectivity index (χ0n) is 17.9. The number of benzene rings is 2. The van der Waals surface area contributed by atoms with Crippen molar-refractivity contribution in [3.63, 3.8) is 0 Å². The van der Waals surface area contributed by atoms with Crippen molar-refractivity contribution in [3.05, 3.63) is 77.9 Å². The third-order valence-electron chi connectivity index (χ3n) is 4.99. The maximum Gasteiger partial charge on any atom is 0.162 e. The van der Waals surface area contributed by atoms with Gasteiger partial charge in [-0.15, -0.1) is 0 Å². The Hall–Kier alpha value is -4.13. The number of methoxy groups -OCH3 is 2. The van der Waals surface area contributed by atoms with Crippen LogP contribution < -0.4 is 14.8 Å². The van der Waals surface area contributed by atoms with E-state index < -0.39 is 0 Å². The second-order valence-corrected chi connectivity index (χ2v) is 7.11. The quantitative estimate of drug-likeness (QED) is 0.425. The average molecular weight is 428 g/mol. The molecule has 0 amide bonds. The Morgan fingerprint density at radius 3 is 2.34 bits per heavy atom. The first-order valence-electron chi connectivity index (χ1n) is 10.2. The molecule has 2 aromatic heterocycles. The number of aromatic hydroxyl groups is 1. The summed E-state index contributed by atoms with van der Waals surface area (Å²) in [5, 5.41) is 13.8. The van der Waals surface area contributed by atoms with Crippen molar-refractivity contribution in [1.82, 2.24) is 15.0 Å². The normalized spacial score (nSPS) is 11.1.